The number of rotatable bonds is 7. The number of carbonyl (C=O) groups excluding carboxylic acids is 2. The van der Waals surface area contributed by atoms with Gasteiger partial charge in [-0.25, -0.2) is 0 Å². The van der Waals surface area contributed by atoms with E-state index in [9.17, 15) is 14.7 Å². The Bertz CT molecular complexity index is 1120. The van der Waals surface area contributed by atoms with Crippen LogP contribution in [-0.2, 0) is 22.6 Å². The fourth-order valence-electron chi connectivity index (χ4n) is 4.01. The Morgan fingerprint density at radius 3 is 2.45 bits per heavy atom. The van der Waals surface area contributed by atoms with Gasteiger partial charge in [0.05, 0.1) is 11.6 Å². The van der Waals surface area contributed by atoms with Crippen LogP contribution in [0.1, 0.15) is 34.7 Å². The van der Waals surface area contributed by atoms with Crippen molar-refractivity contribution in [1.29, 1.82) is 0 Å². The summed E-state index contributed by atoms with van der Waals surface area (Å²) in [6, 6.07) is 20.5. The zero-order valence-corrected chi connectivity index (χ0v) is 17.4. The highest BCUT2D eigenvalue weighted by molar-refractivity contribution is 6.09. The van der Waals surface area contributed by atoms with Crippen molar-refractivity contribution in [3.05, 3.63) is 113 Å². The number of aromatic nitrogens is 1. The molecule has 31 heavy (non-hydrogen) atoms. The third-order valence-corrected chi connectivity index (χ3v) is 5.55. The SMILES string of the molecule is Cc1cccc(C2C(C(=O)CCc3ccccc3)=C(O)C(=O)N2Cc2ccncc2)c1. The Hall–Kier alpha value is -3.73. The van der Waals surface area contributed by atoms with Gasteiger partial charge in [0.25, 0.3) is 5.91 Å². The van der Waals surface area contributed by atoms with Crippen molar-refractivity contribution in [2.24, 2.45) is 0 Å². The lowest BCUT2D eigenvalue weighted by molar-refractivity contribution is -0.130. The summed E-state index contributed by atoms with van der Waals surface area (Å²) in [7, 11) is 0. The molecule has 5 heteroatoms. The standard InChI is InChI=1S/C26H24N2O3/c1-18-6-5-9-21(16-18)24-23(22(29)11-10-19-7-3-2-4-8-19)25(30)26(31)28(24)17-20-12-14-27-15-13-20/h2-9,12-16,24,30H,10-11,17H2,1H3. The van der Waals surface area contributed by atoms with Gasteiger partial charge in [0, 0.05) is 25.4 Å². The number of pyridine rings is 1. The molecular formula is C26H24N2O3. The number of aliphatic hydroxyl groups is 1. The van der Waals surface area contributed by atoms with E-state index in [-0.39, 0.29) is 24.3 Å². The van der Waals surface area contributed by atoms with Crippen LogP contribution in [0.25, 0.3) is 0 Å². The second-order valence-electron chi connectivity index (χ2n) is 7.78. The Morgan fingerprint density at radius 2 is 1.74 bits per heavy atom. The van der Waals surface area contributed by atoms with Crippen LogP contribution in [0.2, 0.25) is 0 Å². The van der Waals surface area contributed by atoms with E-state index in [1.807, 2.05) is 73.7 Å². The van der Waals surface area contributed by atoms with E-state index in [2.05, 4.69) is 4.98 Å². The van der Waals surface area contributed by atoms with Gasteiger partial charge >= 0.3 is 0 Å². The highest BCUT2D eigenvalue weighted by Gasteiger charge is 2.43. The number of benzene rings is 2. The smallest absolute Gasteiger partial charge is 0.290 e. The number of amides is 1. The van der Waals surface area contributed by atoms with Crippen molar-refractivity contribution in [2.75, 3.05) is 0 Å². The summed E-state index contributed by atoms with van der Waals surface area (Å²) < 4.78 is 0. The predicted molar refractivity (Wildman–Crippen MR) is 118 cm³/mol. The van der Waals surface area contributed by atoms with Crippen LogP contribution < -0.4 is 0 Å². The predicted octanol–water partition coefficient (Wildman–Crippen LogP) is 4.49. The molecule has 1 aromatic heterocycles. The van der Waals surface area contributed by atoms with Gasteiger partial charge in [-0.15, -0.1) is 0 Å². The lowest BCUT2D eigenvalue weighted by Gasteiger charge is -2.27. The fourth-order valence-corrected chi connectivity index (χ4v) is 4.01. The first kappa shape index (κ1) is 20.5. The van der Waals surface area contributed by atoms with E-state index >= 15 is 0 Å². The number of Topliss-reactive ketones (excluding diaryl/α,β-unsaturated/α-hetero) is 1. The lowest BCUT2D eigenvalue weighted by Crippen LogP contribution is -2.30. The van der Waals surface area contributed by atoms with E-state index in [0.29, 0.717) is 6.42 Å². The minimum absolute atomic E-state index is 0.181. The second-order valence-corrected chi connectivity index (χ2v) is 7.78. The molecule has 3 aromatic rings. The maximum absolute atomic E-state index is 13.2. The normalized spacial score (nSPS) is 16.1. The number of hydrogen-bond donors (Lipinski definition) is 1. The van der Waals surface area contributed by atoms with Gasteiger partial charge in [-0.3, -0.25) is 14.6 Å². The third-order valence-electron chi connectivity index (χ3n) is 5.55. The minimum atomic E-state index is -0.621. The third kappa shape index (κ3) is 4.40. The Balaban J connectivity index is 1.67. The summed E-state index contributed by atoms with van der Waals surface area (Å²) in [5, 5.41) is 10.7. The van der Waals surface area contributed by atoms with Gasteiger partial charge < -0.3 is 10.0 Å². The van der Waals surface area contributed by atoms with Crippen molar-refractivity contribution in [3.63, 3.8) is 0 Å². The summed E-state index contributed by atoms with van der Waals surface area (Å²) in [4.78, 5) is 31.8. The summed E-state index contributed by atoms with van der Waals surface area (Å²) >= 11 is 0. The fraction of sp³-hybridized carbons (Fsp3) is 0.192. The Labute approximate surface area is 181 Å². The first-order chi connectivity index (χ1) is 15.0. The molecule has 1 unspecified atom stereocenters. The van der Waals surface area contributed by atoms with E-state index in [4.69, 9.17) is 0 Å². The van der Waals surface area contributed by atoms with Crippen LogP contribution in [0.4, 0.5) is 0 Å². The summed E-state index contributed by atoms with van der Waals surface area (Å²) in [6.45, 7) is 2.24. The molecule has 0 bridgehead atoms. The molecule has 0 fully saturated rings. The van der Waals surface area contributed by atoms with Crippen molar-refractivity contribution in [1.82, 2.24) is 9.88 Å². The number of carbonyl (C=O) groups is 2. The van der Waals surface area contributed by atoms with Crippen LogP contribution in [0.3, 0.4) is 0 Å². The van der Waals surface area contributed by atoms with Crippen LogP contribution in [0, 0.1) is 6.92 Å². The molecular weight excluding hydrogens is 388 g/mol. The number of aliphatic hydroxyl groups excluding tert-OH is 1. The number of ketones is 1. The summed E-state index contributed by atoms with van der Waals surface area (Å²) in [6.07, 6.45) is 4.10. The Morgan fingerprint density at radius 1 is 1.00 bits per heavy atom. The molecule has 4 rings (SSSR count). The minimum Gasteiger partial charge on any atom is -0.503 e. The molecule has 2 aromatic carbocycles. The van der Waals surface area contributed by atoms with Gasteiger partial charge in [-0.2, -0.15) is 0 Å². The van der Waals surface area contributed by atoms with Crippen LogP contribution in [-0.4, -0.2) is 26.7 Å². The van der Waals surface area contributed by atoms with Gasteiger partial charge in [0.2, 0.25) is 0 Å². The maximum Gasteiger partial charge on any atom is 0.290 e. The van der Waals surface area contributed by atoms with E-state index in [1.54, 1.807) is 17.3 Å². The molecule has 1 N–H and O–H groups in total. The van der Waals surface area contributed by atoms with Gasteiger partial charge in [-0.1, -0.05) is 60.2 Å². The molecule has 1 aliphatic rings. The van der Waals surface area contributed by atoms with E-state index in [0.717, 1.165) is 22.3 Å². The van der Waals surface area contributed by atoms with E-state index < -0.39 is 17.7 Å². The molecule has 0 radical (unpaired) electrons. The Kier molecular flexibility index (Phi) is 5.94. The van der Waals surface area contributed by atoms with E-state index in [1.165, 1.54) is 0 Å². The molecule has 1 amide bonds. The lowest BCUT2D eigenvalue weighted by atomic mass is 9.92. The van der Waals surface area contributed by atoms with Gasteiger partial charge in [0.15, 0.2) is 11.5 Å². The second kappa shape index (κ2) is 8.96. The molecule has 5 nitrogen and oxygen atoms in total. The molecule has 0 aliphatic carbocycles. The monoisotopic (exact) mass is 412 g/mol. The van der Waals surface area contributed by atoms with Crippen molar-refractivity contribution >= 4 is 11.7 Å². The average molecular weight is 412 g/mol. The average Bonchev–Trinajstić information content (AvgIpc) is 3.04. The largest absolute Gasteiger partial charge is 0.503 e. The molecule has 2 heterocycles. The number of hydrogen-bond acceptors (Lipinski definition) is 4. The van der Waals surface area contributed by atoms with Crippen molar-refractivity contribution < 1.29 is 14.7 Å². The van der Waals surface area contributed by atoms with Crippen LogP contribution in [0.5, 0.6) is 0 Å². The first-order valence-electron chi connectivity index (χ1n) is 10.3. The van der Waals surface area contributed by atoms with Crippen LogP contribution in [0.15, 0.2) is 90.5 Å². The topological polar surface area (TPSA) is 70.5 Å². The zero-order valence-electron chi connectivity index (χ0n) is 17.4. The molecule has 0 saturated carbocycles. The first-order valence-corrected chi connectivity index (χ1v) is 10.3. The summed E-state index contributed by atoms with van der Waals surface area (Å²) in [5.74, 6) is -1.18. The molecule has 1 atom stereocenters. The van der Waals surface area contributed by atoms with Crippen LogP contribution >= 0.6 is 0 Å². The number of aryl methyl sites for hydroxylation is 2. The maximum atomic E-state index is 13.2. The van der Waals surface area contributed by atoms with Gasteiger partial charge in [0.1, 0.15) is 0 Å². The van der Waals surface area contributed by atoms with Gasteiger partial charge in [-0.05, 0) is 42.2 Å². The molecule has 156 valence electrons. The molecule has 1 aliphatic heterocycles. The quantitative estimate of drug-likeness (QED) is 0.621. The molecule has 0 saturated heterocycles. The highest BCUT2D eigenvalue weighted by atomic mass is 16.3. The zero-order chi connectivity index (χ0) is 21.8. The summed E-state index contributed by atoms with van der Waals surface area (Å²) in [5.41, 5.74) is 3.94. The van der Waals surface area contributed by atoms with Crippen molar-refractivity contribution in [3.8, 4) is 0 Å². The molecule has 0 spiro atoms. The number of nitrogens with zero attached hydrogens (tertiary/aromatic N) is 2. The van der Waals surface area contributed by atoms with Crippen molar-refractivity contribution in [2.45, 2.75) is 32.4 Å². The highest BCUT2D eigenvalue weighted by Crippen LogP contribution is 2.39.